The van der Waals surface area contributed by atoms with Crippen LogP contribution in [0.5, 0.6) is 5.75 Å². The van der Waals surface area contributed by atoms with Crippen molar-refractivity contribution in [3.05, 3.63) is 24.3 Å². The molecule has 2 N–H and O–H groups in total. The van der Waals surface area contributed by atoms with Crippen molar-refractivity contribution in [3.63, 3.8) is 0 Å². The van der Waals surface area contributed by atoms with E-state index in [0.717, 1.165) is 0 Å². The number of anilines is 1. The van der Waals surface area contributed by atoms with Crippen LogP contribution in [0.25, 0.3) is 0 Å². The Kier molecular flexibility index (Phi) is 3.47. The average molecular weight is 242 g/mol. The Balaban J connectivity index is 1.73. The summed E-state index contributed by atoms with van der Waals surface area (Å²) >= 11 is 0. The van der Waals surface area contributed by atoms with Gasteiger partial charge in [0.25, 0.3) is 5.92 Å². The summed E-state index contributed by atoms with van der Waals surface area (Å²) in [5, 5.41) is 0. The van der Waals surface area contributed by atoms with Crippen molar-refractivity contribution in [1.82, 2.24) is 4.90 Å². The van der Waals surface area contributed by atoms with Gasteiger partial charge in [0.05, 0.1) is 6.54 Å². The van der Waals surface area contributed by atoms with E-state index in [1.165, 1.54) is 0 Å². The Morgan fingerprint density at radius 1 is 1.41 bits per heavy atom. The number of benzene rings is 1. The first kappa shape index (κ1) is 12.1. The SMILES string of the molecule is Nc1cccc(OCCN2CCC(F)(F)C2)c1. The minimum atomic E-state index is -2.53. The Hall–Kier alpha value is -1.36. The quantitative estimate of drug-likeness (QED) is 0.821. The molecular formula is C12H16F2N2O. The van der Waals surface area contributed by atoms with Crippen LogP contribution in [0, 0.1) is 0 Å². The molecule has 0 unspecified atom stereocenters. The van der Waals surface area contributed by atoms with E-state index >= 15 is 0 Å². The molecule has 0 aromatic heterocycles. The van der Waals surface area contributed by atoms with Crippen LogP contribution in [0.3, 0.4) is 0 Å². The molecule has 17 heavy (non-hydrogen) atoms. The maximum Gasteiger partial charge on any atom is 0.261 e. The molecule has 0 saturated carbocycles. The van der Waals surface area contributed by atoms with E-state index in [-0.39, 0.29) is 13.0 Å². The van der Waals surface area contributed by atoms with Crippen molar-refractivity contribution in [2.45, 2.75) is 12.3 Å². The fraction of sp³-hybridized carbons (Fsp3) is 0.500. The van der Waals surface area contributed by atoms with Gasteiger partial charge in [-0.25, -0.2) is 8.78 Å². The highest BCUT2D eigenvalue weighted by molar-refractivity contribution is 5.43. The lowest BCUT2D eigenvalue weighted by molar-refractivity contribution is 0.0113. The Labute approximate surface area is 99.2 Å². The molecule has 1 aromatic rings. The van der Waals surface area contributed by atoms with Crippen LogP contribution in [0.1, 0.15) is 6.42 Å². The molecule has 1 fully saturated rings. The van der Waals surface area contributed by atoms with E-state index in [1.807, 2.05) is 0 Å². The van der Waals surface area contributed by atoms with Crippen LogP contribution in [-0.4, -0.2) is 37.1 Å². The van der Waals surface area contributed by atoms with Gasteiger partial charge < -0.3 is 10.5 Å². The molecule has 0 radical (unpaired) electrons. The molecule has 1 aliphatic rings. The van der Waals surface area contributed by atoms with Crippen molar-refractivity contribution in [3.8, 4) is 5.75 Å². The van der Waals surface area contributed by atoms with E-state index in [9.17, 15) is 8.78 Å². The molecule has 3 nitrogen and oxygen atoms in total. The molecule has 0 atom stereocenters. The van der Waals surface area contributed by atoms with E-state index in [4.69, 9.17) is 10.5 Å². The zero-order valence-electron chi connectivity index (χ0n) is 9.53. The Morgan fingerprint density at radius 2 is 2.24 bits per heavy atom. The third kappa shape index (κ3) is 3.56. The minimum Gasteiger partial charge on any atom is -0.492 e. The third-order valence-electron chi connectivity index (χ3n) is 2.78. The lowest BCUT2D eigenvalue weighted by Gasteiger charge is -2.15. The predicted molar refractivity (Wildman–Crippen MR) is 62.4 cm³/mol. The topological polar surface area (TPSA) is 38.5 Å². The summed E-state index contributed by atoms with van der Waals surface area (Å²) in [6.45, 7) is 1.20. The number of hydrogen-bond donors (Lipinski definition) is 1. The molecule has 0 aliphatic carbocycles. The molecule has 1 heterocycles. The van der Waals surface area contributed by atoms with Crippen LogP contribution in [0.4, 0.5) is 14.5 Å². The average Bonchev–Trinajstić information content (AvgIpc) is 2.58. The van der Waals surface area contributed by atoms with Crippen LogP contribution in [-0.2, 0) is 0 Å². The zero-order valence-corrected chi connectivity index (χ0v) is 9.53. The van der Waals surface area contributed by atoms with Crippen molar-refractivity contribution in [2.24, 2.45) is 0 Å². The first-order chi connectivity index (χ1) is 8.05. The van der Waals surface area contributed by atoms with Gasteiger partial charge in [-0.2, -0.15) is 0 Å². The summed E-state index contributed by atoms with van der Waals surface area (Å²) in [7, 11) is 0. The first-order valence-electron chi connectivity index (χ1n) is 5.64. The highest BCUT2D eigenvalue weighted by atomic mass is 19.3. The molecule has 1 aliphatic heterocycles. The highest BCUT2D eigenvalue weighted by Gasteiger charge is 2.37. The summed E-state index contributed by atoms with van der Waals surface area (Å²) in [6, 6.07) is 7.09. The van der Waals surface area contributed by atoms with Crippen LogP contribution < -0.4 is 10.5 Å². The molecule has 0 bridgehead atoms. The number of nitrogen functional groups attached to an aromatic ring is 1. The van der Waals surface area contributed by atoms with E-state index in [2.05, 4.69) is 0 Å². The van der Waals surface area contributed by atoms with Gasteiger partial charge in [0.1, 0.15) is 12.4 Å². The van der Waals surface area contributed by atoms with Crippen LogP contribution in [0.15, 0.2) is 24.3 Å². The highest BCUT2D eigenvalue weighted by Crippen LogP contribution is 2.26. The number of nitrogens with zero attached hydrogens (tertiary/aromatic N) is 1. The molecule has 0 amide bonds. The largest absolute Gasteiger partial charge is 0.492 e. The molecule has 0 spiro atoms. The number of halogens is 2. The minimum absolute atomic E-state index is 0.0503. The molecule has 1 saturated heterocycles. The fourth-order valence-corrected chi connectivity index (χ4v) is 1.89. The van der Waals surface area contributed by atoms with Crippen LogP contribution >= 0.6 is 0 Å². The third-order valence-corrected chi connectivity index (χ3v) is 2.78. The maximum absolute atomic E-state index is 12.9. The van der Waals surface area contributed by atoms with Gasteiger partial charge in [-0.15, -0.1) is 0 Å². The summed E-state index contributed by atoms with van der Waals surface area (Å²) in [5.41, 5.74) is 6.23. The maximum atomic E-state index is 12.9. The normalized spacial score (nSPS) is 19.4. The van der Waals surface area contributed by atoms with E-state index < -0.39 is 5.92 Å². The molecule has 1 aromatic carbocycles. The summed E-state index contributed by atoms with van der Waals surface area (Å²) in [6.07, 6.45) is -0.0503. The van der Waals surface area contributed by atoms with Gasteiger partial charge in [-0.05, 0) is 12.1 Å². The van der Waals surface area contributed by atoms with E-state index in [1.54, 1.807) is 29.2 Å². The number of alkyl halides is 2. The first-order valence-corrected chi connectivity index (χ1v) is 5.64. The number of ether oxygens (including phenoxy) is 1. The summed E-state index contributed by atoms with van der Waals surface area (Å²) in [5.74, 6) is -1.85. The van der Waals surface area contributed by atoms with Crippen molar-refractivity contribution >= 4 is 5.69 Å². The van der Waals surface area contributed by atoms with Gasteiger partial charge in [-0.3, -0.25) is 4.90 Å². The molecule has 5 heteroatoms. The smallest absolute Gasteiger partial charge is 0.261 e. The van der Waals surface area contributed by atoms with Crippen LogP contribution in [0.2, 0.25) is 0 Å². The van der Waals surface area contributed by atoms with Gasteiger partial charge in [0.2, 0.25) is 0 Å². The number of likely N-dealkylation sites (tertiary alicyclic amines) is 1. The van der Waals surface area contributed by atoms with Crippen molar-refractivity contribution < 1.29 is 13.5 Å². The molecule has 94 valence electrons. The Bertz CT molecular complexity index is 385. The van der Waals surface area contributed by atoms with Gasteiger partial charge in [0, 0.05) is 31.3 Å². The summed E-state index contributed by atoms with van der Waals surface area (Å²) in [4.78, 5) is 1.71. The Morgan fingerprint density at radius 3 is 2.88 bits per heavy atom. The van der Waals surface area contributed by atoms with E-state index in [0.29, 0.717) is 31.1 Å². The van der Waals surface area contributed by atoms with Gasteiger partial charge >= 0.3 is 0 Å². The van der Waals surface area contributed by atoms with Gasteiger partial charge in [0.15, 0.2) is 0 Å². The second kappa shape index (κ2) is 4.87. The standard InChI is InChI=1S/C12H16F2N2O/c13-12(14)4-5-16(9-12)6-7-17-11-3-1-2-10(15)8-11/h1-3,8H,4-7,9,15H2. The van der Waals surface area contributed by atoms with Gasteiger partial charge in [-0.1, -0.05) is 6.07 Å². The molecule has 2 rings (SSSR count). The summed E-state index contributed by atoms with van der Waals surface area (Å²) < 4.78 is 31.2. The molecular weight excluding hydrogens is 226 g/mol. The number of hydrogen-bond acceptors (Lipinski definition) is 3. The zero-order chi connectivity index (χ0) is 12.3. The predicted octanol–water partition coefficient (Wildman–Crippen LogP) is 1.99. The fourth-order valence-electron chi connectivity index (χ4n) is 1.89. The van der Waals surface area contributed by atoms with Crippen molar-refractivity contribution in [2.75, 3.05) is 32.0 Å². The van der Waals surface area contributed by atoms with Crippen molar-refractivity contribution in [1.29, 1.82) is 0 Å². The second-order valence-corrected chi connectivity index (χ2v) is 4.30. The number of rotatable bonds is 4. The monoisotopic (exact) mass is 242 g/mol. The lowest BCUT2D eigenvalue weighted by atomic mass is 10.3. The number of nitrogens with two attached hydrogens (primary N) is 1. The second-order valence-electron chi connectivity index (χ2n) is 4.30. The lowest BCUT2D eigenvalue weighted by Crippen LogP contribution is -2.29.